The van der Waals surface area contributed by atoms with Gasteiger partial charge in [0.25, 0.3) is 5.91 Å². The standard InChI is InChI=1S/C20H22F2N2O4/c1-4-26-17-9-14(10-18(27-5-2)19(17)28-6-3)20(25)24-23-12-13-7-8-15(21)11-16(13)22/h7-12H,4-6H2,1-3H3,(H,24,25)/b23-12+. The molecule has 0 aliphatic carbocycles. The monoisotopic (exact) mass is 392 g/mol. The van der Waals surface area contributed by atoms with Gasteiger partial charge in [-0.2, -0.15) is 5.10 Å². The first-order chi connectivity index (χ1) is 13.5. The van der Waals surface area contributed by atoms with E-state index >= 15 is 0 Å². The minimum Gasteiger partial charge on any atom is -0.490 e. The lowest BCUT2D eigenvalue weighted by Crippen LogP contribution is -2.18. The van der Waals surface area contributed by atoms with Crippen LogP contribution in [0.3, 0.4) is 0 Å². The third-order valence-corrected chi connectivity index (χ3v) is 3.50. The highest BCUT2D eigenvalue weighted by Gasteiger charge is 2.18. The predicted octanol–water partition coefficient (Wildman–Crippen LogP) is 3.92. The molecular weight excluding hydrogens is 370 g/mol. The summed E-state index contributed by atoms with van der Waals surface area (Å²) in [7, 11) is 0. The molecule has 0 atom stereocenters. The van der Waals surface area contributed by atoms with Gasteiger partial charge < -0.3 is 14.2 Å². The number of nitrogens with one attached hydrogen (secondary N) is 1. The van der Waals surface area contributed by atoms with Crippen LogP contribution in [0.25, 0.3) is 0 Å². The molecule has 0 aliphatic rings. The maximum Gasteiger partial charge on any atom is 0.271 e. The Morgan fingerprint density at radius 2 is 1.61 bits per heavy atom. The number of benzene rings is 2. The van der Waals surface area contributed by atoms with Gasteiger partial charge in [-0.25, -0.2) is 14.2 Å². The van der Waals surface area contributed by atoms with Gasteiger partial charge >= 0.3 is 0 Å². The molecule has 0 heterocycles. The summed E-state index contributed by atoms with van der Waals surface area (Å²) < 4.78 is 43.2. The van der Waals surface area contributed by atoms with E-state index in [1.54, 1.807) is 0 Å². The van der Waals surface area contributed by atoms with Crippen molar-refractivity contribution in [3.05, 3.63) is 53.1 Å². The Labute approximate surface area is 162 Å². The molecule has 1 N–H and O–H groups in total. The topological polar surface area (TPSA) is 69.2 Å². The Morgan fingerprint density at radius 1 is 1.00 bits per heavy atom. The van der Waals surface area contributed by atoms with Gasteiger partial charge in [-0.1, -0.05) is 0 Å². The highest BCUT2D eigenvalue weighted by Crippen LogP contribution is 2.39. The van der Waals surface area contributed by atoms with Crippen LogP contribution in [0.5, 0.6) is 17.2 Å². The van der Waals surface area contributed by atoms with Crippen molar-refractivity contribution in [2.24, 2.45) is 5.10 Å². The van der Waals surface area contributed by atoms with E-state index in [4.69, 9.17) is 14.2 Å². The fourth-order valence-corrected chi connectivity index (χ4v) is 2.35. The fourth-order valence-electron chi connectivity index (χ4n) is 2.35. The van der Waals surface area contributed by atoms with Crippen molar-refractivity contribution < 1.29 is 27.8 Å². The van der Waals surface area contributed by atoms with Gasteiger partial charge in [-0.15, -0.1) is 0 Å². The molecule has 2 aromatic carbocycles. The van der Waals surface area contributed by atoms with Crippen LogP contribution < -0.4 is 19.6 Å². The first kappa shape index (κ1) is 21.1. The molecule has 2 rings (SSSR count). The summed E-state index contributed by atoms with van der Waals surface area (Å²) in [6.07, 6.45) is 1.09. The Bertz CT molecular complexity index is 829. The van der Waals surface area contributed by atoms with Crippen molar-refractivity contribution in [1.29, 1.82) is 0 Å². The Balaban J connectivity index is 2.24. The largest absolute Gasteiger partial charge is 0.490 e. The molecule has 0 fully saturated rings. The summed E-state index contributed by atoms with van der Waals surface area (Å²) >= 11 is 0. The van der Waals surface area contributed by atoms with Crippen LogP contribution in [0.1, 0.15) is 36.7 Å². The molecule has 0 spiro atoms. The second-order valence-electron chi connectivity index (χ2n) is 5.47. The van der Waals surface area contributed by atoms with E-state index in [0.29, 0.717) is 37.1 Å². The van der Waals surface area contributed by atoms with Gasteiger partial charge in [-0.3, -0.25) is 4.79 Å². The summed E-state index contributed by atoms with van der Waals surface area (Å²) in [6, 6.07) is 6.08. The second-order valence-corrected chi connectivity index (χ2v) is 5.47. The van der Waals surface area contributed by atoms with Gasteiger partial charge in [0.1, 0.15) is 11.6 Å². The van der Waals surface area contributed by atoms with Crippen LogP contribution in [-0.4, -0.2) is 31.9 Å². The van der Waals surface area contributed by atoms with Gasteiger partial charge in [0.2, 0.25) is 5.75 Å². The highest BCUT2D eigenvalue weighted by atomic mass is 19.1. The lowest BCUT2D eigenvalue weighted by Gasteiger charge is -2.16. The van der Waals surface area contributed by atoms with Crippen molar-refractivity contribution in [2.75, 3.05) is 19.8 Å². The summed E-state index contributed by atoms with van der Waals surface area (Å²) in [5, 5.41) is 3.72. The molecule has 0 aromatic heterocycles. The van der Waals surface area contributed by atoms with Crippen LogP contribution in [0.4, 0.5) is 8.78 Å². The third-order valence-electron chi connectivity index (χ3n) is 3.50. The molecule has 0 aliphatic heterocycles. The van der Waals surface area contributed by atoms with Gasteiger partial charge in [0, 0.05) is 17.2 Å². The number of hydrogen-bond donors (Lipinski definition) is 1. The van der Waals surface area contributed by atoms with Gasteiger partial charge in [0.15, 0.2) is 11.5 Å². The number of rotatable bonds is 9. The number of carbonyl (C=O) groups excluding carboxylic acids is 1. The molecular formula is C20H22F2N2O4. The van der Waals surface area contributed by atoms with Crippen LogP contribution in [0.15, 0.2) is 35.4 Å². The minimum atomic E-state index is -0.781. The molecule has 1 amide bonds. The highest BCUT2D eigenvalue weighted by molar-refractivity contribution is 5.96. The van der Waals surface area contributed by atoms with Crippen LogP contribution in [0.2, 0.25) is 0 Å². The third kappa shape index (κ3) is 5.42. The number of nitrogens with zero attached hydrogens (tertiary/aromatic N) is 1. The number of hydrogen-bond acceptors (Lipinski definition) is 5. The van der Waals surface area contributed by atoms with Crippen LogP contribution >= 0.6 is 0 Å². The van der Waals surface area contributed by atoms with E-state index in [1.807, 2.05) is 20.8 Å². The van der Waals surface area contributed by atoms with E-state index in [9.17, 15) is 13.6 Å². The Hall–Kier alpha value is -3.16. The number of halogens is 2. The summed E-state index contributed by atoms with van der Waals surface area (Å²) in [4.78, 5) is 12.4. The molecule has 6 nitrogen and oxygen atoms in total. The maximum absolute atomic E-state index is 13.6. The Morgan fingerprint density at radius 3 is 2.14 bits per heavy atom. The van der Waals surface area contributed by atoms with Crippen molar-refractivity contribution in [2.45, 2.75) is 20.8 Å². The summed E-state index contributed by atoms with van der Waals surface area (Å²) in [6.45, 7) is 6.60. The first-order valence-electron chi connectivity index (χ1n) is 8.85. The van der Waals surface area contributed by atoms with Crippen molar-refractivity contribution >= 4 is 12.1 Å². The number of amides is 1. The van der Waals surface area contributed by atoms with Crippen molar-refractivity contribution in [1.82, 2.24) is 5.43 Å². The normalized spacial score (nSPS) is 10.8. The molecule has 0 radical (unpaired) electrons. The maximum atomic E-state index is 13.6. The van der Waals surface area contributed by atoms with E-state index in [-0.39, 0.29) is 11.1 Å². The molecule has 0 bridgehead atoms. The SMILES string of the molecule is CCOc1cc(C(=O)N/N=C/c2ccc(F)cc2F)cc(OCC)c1OCC. The lowest BCUT2D eigenvalue weighted by molar-refractivity contribution is 0.0954. The molecule has 0 saturated heterocycles. The van der Waals surface area contributed by atoms with Gasteiger partial charge in [0.05, 0.1) is 26.0 Å². The number of carbonyl (C=O) groups is 1. The molecule has 0 saturated carbocycles. The number of hydrazone groups is 1. The lowest BCUT2D eigenvalue weighted by atomic mass is 10.1. The molecule has 2 aromatic rings. The predicted molar refractivity (Wildman–Crippen MR) is 101 cm³/mol. The zero-order valence-corrected chi connectivity index (χ0v) is 15.9. The molecule has 0 unspecified atom stereocenters. The summed E-state index contributed by atoms with van der Waals surface area (Å²) in [5.74, 6) is -0.873. The summed E-state index contributed by atoms with van der Waals surface area (Å²) in [5.41, 5.74) is 2.57. The Kier molecular flexibility index (Phi) is 7.74. The second kappa shape index (κ2) is 10.2. The van der Waals surface area contributed by atoms with Crippen LogP contribution in [-0.2, 0) is 0 Å². The first-order valence-corrected chi connectivity index (χ1v) is 8.85. The quantitative estimate of drug-likeness (QED) is 0.519. The molecule has 28 heavy (non-hydrogen) atoms. The smallest absolute Gasteiger partial charge is 0.271 e. The van der Waals surface area contributed by atoms with Gasteiger partial charge in [-0.05, 0) is 45.0 Å². The minimum absolute atomic E-state index is 0.0402. The van der Waals surface area contributed by atoms with Crippen molar-refractivity contribution in [3.8, 4) is 17.2 Å². The number of ether oxygens (including phenoxy) is 3. The zero-order valence-electron chi connectivity index (χ0n) is 15.9. The average molecular weight is 392 g/mol. The van der Waals surface area contributed by atoms with E-state index in [2.05, 4.69) is 10.5 Å². The van der Waals surface area contributed by atoms with E-state index < -0.39 is 17.5 Å². The van der Waals surface area contributed by atoms with E-state index in [0.717, 1.165) is 18.3 Å². The fraction of sp³-hybridized carbons (Fsp3) is 0.300. The molecule has 150 valence electrons. The van der Waals surface area contributed by atoms with Crippen LogP contribution in [0, 0.1) is 11.6 Å². The van der Waals surface area contributed by atoms with E-state index in [1.165, 1.54) is 18.2 Å². The average Bonchev–Trinajstić information content (AvgIpc) is 2.66. The van der Waals surface area contributed by atoms with Crippen molar-refractivity contribution in [3.63, 3.8) is 0 Å². The zero-order chi connectivity index (χ0) is 20.5. The molecule has 8 heteroatoms.